The van der Waals surface area contributed by atoms with Crippen molar-refractivity contribution in [2.24, 2.45) is 22.7 Å². The minimum absolute atomic E-state index is 0.0577. The molecule has 0 bridgehead atoms. The van der Waals surface area contributed by atoms with Gasteiger partial charge in [-0.25, -0.2) is 4.79 Å². The number of benzene rings is 1. The van der Waals surface area contributed by atoms with E-state index >= 15 is 0 Å². The molecule has 1 aromatic carbocycles. The van der Waals surface area contributed by atoms with Gasteiger partial charge in [0.1, 0.15) is 23.7 Å². The standard InChI is InChI=1S/C42H66N6O8/c1-40(2,3)56-39(55)46-34-38(54)48-25-27-30(42(27,6)7)32(48)35(51)44-28(22-18-13-11-10-12-14-19-23-41(34,4)5)33(50)36(52)43-24-29(49)45-31(37(53)47(8)9)26-20-16-15-17-21-26/h15-17,20-21,27-28,30-34,50H,10-14,18-19,22-25H2,1-9H3,(H,43,52)(H,44,51)(H,45,49)(H,46,55)/t27?,28-,30-,31-,32-,33?,34+/m0/s1. The van der Waals surface area contributed by atoms with Crippen molar-refractivity contribution in [3.05, 3.63) is 35.9 Å². The second-order valence-electron chi connectivity index (χ2n) is 18.4. The highest BCUT2D eigenvalue weighted by Crippen LogP contribution is 2.65. The molecule has 14 nitrogen and oxygen atoms in total. The predicted octanol–water partition coefficient (Wildman–Crippen LogP) is 3.82. The molecule has 3 fully saturated rings. The normalized spacial score (nSPS) is 26.5. The lowest BCUT2D eigenvalue weighted by Gasteiger charge is -2.40. The summed E-state index contributed by atoms with van der Waals surface area (Å²) in [7, 11) is 3.16. The van der Waals surface area contributed by atoms with E-state index in [4.69, 9.17) is 4.74 Å². The first-order valence-electron chi connectivity index (χ1n) is 20.3. The van der Waals surface area contributed by atoms with Crippen LogP contribution >= 0.6 is 0 Å². The highest BCUT2D eigenvalue weighted by Gasteiger charge is 2.70. The number of piperidine rings is 1. The minimum atomic E-state index is -1.70. The summed E-state index contributed by atoms with van der Waals surface area (Å²) in [5, 5.41) is 22.4. The summed E-state index contributed by atoms with van der Waals surface area (Å²) in [4.78, 5) is 84.5. The van der Waals surface area contributed by atoms with Gasteiger partial charge in [0.25, 0.3) is 5.91 Å². The van der Waals surface area contributed by atoms with Gasteiger partial charge in [0, 0.05) is 20.6 Å². The van der Waals surface area contributed by atoms with E-state index in [1.807, 2.05) is 13.8 Å². The first kappa shape index (κ1) is 44.5. The van der Waals surface area contributed by atoms with Crippen molar-refractivity contribution in [3.8, 4) is 0 Å². The molecule has 0 radical (unpaired) electrons. The predicted molar refractivity (Wildman–Crippen MR) is 212 cm³/mol. The van der Waals surface area contributed by atoms with Crippen molar-refractivity contribution in [1.82, 2.24) is 31.1 Å². The Morgan fingerprint density at radius 3 is 2.18 bits per heavy atom. The molecule has 2 saturated heterocycles. The summed E-state index contributed by atoms with van der Waals surface area (Å²) in [5.41, 5.74) is -1.08. The van der Waals surface area contributed by atoms with Gasteiger partial charge < -0.3 is 40.9 Å². The Morgan fingerprint density at radius 2 is 1.57 bits per heavy atom. The molecule has 1 aromatic rings. The average molecular weight is 783 g/mol. The first-order chi connectivity index (χ1) is 26.2. The van der Waals surface area contributed by atoms with Crippen LogP contribution in [0.2, 0.25) is 0 Å². The van der Waals surface area contributed by atoms with Crippen LogP contribution < -0.4 is 21.3 Å². The maximum absolute atomic E-state index is 14.6. The minimum Gasteiger partial charge on any atom is -0.444 e. The number of ether oxygens (including phenoxy) is 1. The van der Waals surface area contributed by atoms with Crippen molar-refractivity contribution in [2.45, 2.75) is 142 Å². The molecule has 2 unspecified atom stereocenters. The number of hydrogen-bond donors (Lipinski definition) is 5. The zero-order chi connectivity index (χ0) is 41.6. The van der Waals surface area contributed by atoms with Crippen molar-refractivity contribution in [1.29, 1.82) is 0 Å². The van der Waals surface area contributed by atoms with E-state index in [0.717, 1.165) is 38.5 Å². The Kier molecular flexibility index (Phi) is 14.6. The summed E-state index contributed by atoms with van der Waals surface area (Å²) < 4.78 is 5.58. The Labute approximate surface area is 332 Å². The van der Waals surface area contributed by atoms with E-state index in [2.05, 4.69) is 35.1 Å². The summed E-state index contributed by atoms with van der Waals surface area (Å²) in [6, 6.07) is 4.92. The fraction of sp³-hybridized carbons (Fsp3) is 0.714. The van der Waals surface area contributed by atoms with Crippen LogP contribution in [0.1, 0.15) is 118 Å². The Balaban J connectivity index is 1.54. The summed E-state index contributed by atoms with van der Waals surface area (Å²) >= 11 is 0. The molecule has 0 spiro atoms. The van der Waals surface area contributed by atoms with Crippen molar-refractivity contribution in [2.75, 3.05) is 27.2 Å². The van der Waals surface area contributed by atoms with Crippen LogP contribution in [0.5, 0.6) is 0 Å². The van der Waals surface area contributed by atoms with Gasteiger partial charge in [-0.3, -0.25) is 24.0 Å². The van der Waals surface area contributed by atoms with E-state index in [0.29, 0.717) is 31.4 Å². The van der Waals surface area contributed by atoms with E-state index in [-0.39, 0.29) is 29.1 Å². The third-order valence-electron chi connectivity index (χ3n) is 11.8. The average Bonchev–Trinajstić information content (AvgIpc) is 3.42. The second kappa shape index (κ2) is 18.4. The van der Waals surface area contributed by atoms with Crippen molar-refractivity contribution < 1.29 is 38.6 Å². The molecule has 2 heterocycles. The van der Waals surface area contributed by atoms with Crippen LogP contribution in [-0.2, 0) is 28.7 Å². The maximum Gasteiger partial charge on any atom is 0.408 e. The number of amides is 6. The molecular formula is C42H66N6O8. The Hall–Kier alpha value is -4.20. The van der Waals surface area contributed by atoms with Gasteiger partial charge in [-0.2, -0.15) is 0 Å². The molecule has 312 valence electrons. The van der Waals surface area contributed by atoms with Gasteiger partial charge in [-0.15, -0.1) is 0 Å². The van der Waals surface area contributed by atoms with Crippen LogP contribution in [-0.4, -0.2) is 108 Å². The van der Waals surface area contributed by atoms with Crippen molar-refractivity contribution >= 4 is 35.6 Å². The molecule has 6 amide bonds. The lowest BCUT2D eigenvalue weighted by atomic mass is 9.78. The number of carbonyl (C=O) groups is 6. The molecule has 2 aliphatic heterocycles. The van der Waals surface area contributed by atoms with E-state index < -0.39 is 71.6 Å². The number of rotatable bonds is 8. The lowest BCUT2D eigenvalue weighted by Crippen LogP contribution is -2.61. The van der Waals surface area contributed by atoms with E-state index in [9.17, 15) is 33.9 Å². The van der Waals surface area contributed by atoms with E-state index in [1.165, 1.54) is 4.90 Å². The zero-order valence-electron chi connectivity index (χ0n) is 34.9. The number of aliphatic hydroxyl groups excluding tert-OH is 1. The number of nitrogens with one attached hydrogen (secondary N) is 4. The summed E-state index contributed by atoms with van der Waals surface area (Å²) in [5.74, 6) is -2.77. The molecule has 7 atom stereocenters. The monoisotopic (exact) mass is 782 g/mol. The molecule has 3 aliphatic rings. The quantitative estimate of drug-likeness (QED) is 0.264. The SMILES string of the molecule is CN(C)C(=O)[C@@H](NC(=O)CNC(=O)C(O)[C@@H]1CCCCCCCCCC(C)(C)[C@H](NC(=O)OC(C)(C)C)C(=O)N2CC3[C@@H]([C@H]2C(=O)N1)C3(C)C)c1ccccc1. The summed E-state index contributed by atoms with van der Waals surface area (Å²) in [6.45, 7) is 13.2. The molecule has 5 N–H and O–H groups in total. The largest absolute Gasteiger partial charge is 0.444 e. The molecular weight excluding hydrogens is 716 g/mol. The molecule has 0 aromatic heterocycles. The molecule has 14 heteroatoms. The van der Waals surface area contributed by atoms with Crippen LogP contribution in [0.4, 0.5) is 4.79 Å². The van der Waals surface area contributed by atoms with Gasteiger partial charge >= 0.3 is 6.09 Å². The lowest BCUT2D eigenvalue weighted by molar-refractivity contribution is -0.145. The van der Waals surface area contributed by atoms with Crippen LogP contribution in [0.3, 0.4) is 0 Å². The summed E-state index contributed by atoms with van der Waals surface area (Å²) in [6.07, 6.45) is 4.82. The van der Waals surface area contributed by atoms with Crippen LogP contribution in [0.15, 0.2) is 30.3 Å². The van der Waals surface area contributed by atoms with Gasteiger partial charge in [0.05, 0.1) is 12.6 Å². The number of alkyl carbamates (subject to hydrolysis) is 1. The fourth-order valence-corrected chi connectivity index (χ4v) is 8.40. The Morgan fingerprint density at radius 1 is 0.964 bits per heavy atom. The van der Waals surface area contributed by atoms with Crippen molar-refractivity contribution in [3.63, 3.8) is 0 Å². The number of carbonyl (C=O) groups excluding carboxylic acids is 6. The van der Waals surface area contributed by atoms with Crippen LogP contribution in [0, 0.1) is 22.7 Å². The topological polar surface area (TPSA) is 186 Å². The Bertz CT molecular complexity index is 1570. The molecule has 56 heavy (non-hydrogen) atoms. The highest BCUT2D eigenvalue weighted by molar-refractivity contribution is 5.94. The van der Waals surface area contributed by atoms with Gasteiger partial charge in [-0.1, -0.05) is 103 Å². The van der Waals surface area contributed by atoms with Gasteiger partial charge in [0.15, 0.2) is 6.10 Å². The molecule has 1 aliphatic carbocycles. The third kappa shape index (κ3) is 11.2. The number of nitrogens with zero attached hydrogens (tertiary/aromatic N) is 2. The second-order valence-corrected chi connectivity index (χ2v) is 18.4. The maximum atomic E-state index is 14.6. The number of hydrogen-bond acceptors (Lipinski definition) is 8. The van der Waals surface area contributed by atoms with E-state index in [1.54, 1.807) is 70.1 Å². The highest BCUT2D eigenvalue weighted by atomic mass is 16.6. The number of fused-ring (bicyclic) bond motifs is 3. The fourth-order valence-electron chi connectivity index (χ4n) is 8.40. The smallest absolute Gasteiger partial charge is 0.408 e. The third-order valence-corrected chi connectivity index (χ3v) is 11.8. The van der Waals surface area contributed by atoms with Gasteiger partial charge in [0.2, 0.25) is 23.6 Å². The molecule has 1 saturated carbocycles. The molecule has 4 rings (SSSR count). The first-order valence-corrected chi connectivity index (χ1v) is 20.3. The zero-order valence-corrected chi connectivity index (χ0v) is 34.9. The number of likely N-dealkylation sites (N-methyl/N-ethyl adjacent to an activating group) is 1. The van der Waals surface area contributed by atoms with Gasteiger partial charge in [-0.05, 0) is 61.8 Å². The van der Waals surface area contributed by atoms with Crippen LogP contribution in [0.25, 0.3) is 0 Å². The number of aliphatic hydroxyl groups is 1.